The molecule has 23 heavy (non-hydrogen) atoms. The van der Waals surface area contributed by atoms with Crippen molar-refractivity contribution in [3.63, 3.8) is 0 Å². The first-order chi connectivity index (χ1) is 11.0. The van der Waals surface area contributed by atoms with Crippen LogP contribution in [0.1, 0.15) is 44.7 Å². The van der Waals surface area contributed by atoms with Crippen LogP contribution in [0.3, 0.4) is 0 Å². The van der Waals surface area contributed by atoms with Gasteiger partial charge in [-0.1, -0.05) is 24.6 Å². The maximum atomic E-state index is 13.3. The zero-order valence-electron chi connectivity index (χ0n) is 13.7. The Labute approximate surface area is 142 Å². The highest BCUT2D eigenvalue weighted by molar-refractivity contribution is 6.30. The largest absolute Gasteiger partial charge is 0.342 e. The van der Waals surface area contributed by atoms with Crippen molar-refractivity contribution in [1.82, 2.24) is 10.2 Å². The molecular weight excluding hydrogens is 315 g/mol. The van der Waals surface area contributed by atoms with E-state index in [-0.39, 0.29) is 16.9 Å². The summed E-state index contributed by atoms with van der Waals surface area (Å²) in [6.45, 7) is 5.91. The number of benzene rings is 1. The van der Waals surface area contributed by atoms with Crippen LogP contribution in [0.4, 0.5) is 4.39 Å². The second-order valence-corrected chi connectivity index (χ2v) is 7.40. The van der Waals surface area contributed by atoms with Gasteiger partial charge in [0.1, 0.15) is 5.82 Å². The smallest absolute Gasteiger partial charge is 0.225 e. The third-order valence-electron chi connectivity index (χ3n) is 5.05. The monoisotopic (exact) mass is 338 g/mol. The number of halogens is 2. The van der Waals surface area contributed by atoms with Gasteiger partial charge in [-0.2, -0.15) is 0 Å². The van der Waals surface area contributed by atoms with Crippen molar-refractivity contribution >= 4 is 17.5 Å². The highest BCUT2D eigenvalue weighted by Crippen LogP contribution is 2.33. The molecule has 0 radical (unpaired) electrons. The molecule has 1 aromatic carbocycles. The van der Waals surface area contributed by atoms with Crippen molar-refractivity contribution in [3.8, 4) is 0 Å². The van der Waals surface area contributed by atoms with Gasteiger partial charge in [-0.05, 0) is 49.8 Å². The Morgan fingerprint density at radius 1 is 1.39 bits per heavy atom. The number of nitrogens with zero attached hydrogens (tertiary/aromatic N) is 1. The fraction of sp³-hybridized carbons (Fsp3) is 0.611. The molecule has 0 aromatic heterocycles. The first-order valence-corrected chi connectivity index (χ1v) is 8.83. The summed E-state index contributed by atoms with van der Waals surface area (Å²) in [5.74, 6) is 0.661. The number of hydrogen-bond acceptors (Lipinski definition) is 2. The molecule has 1 N–H and O–H groups in total. The van der Waals surface area contributed by atoms with Gasteiger partial charge in [0, 0.05) is 31.1 Å². The summed E-state index contributed by atoms with van der Waals surface area (Å²) < 4.78 is 13.3. The fourth-order valence-corrected chi connectivity index (χ4v) is 3.57. The highest BCUT2D eigenvalue weighted by atomic mass is 35.5. The van der Waals surface area contributed by atoms with Gasteiger partial charge in [0.25, 0.3) is 0 Å². The molecule has 5 heteroatoms. The van der Waals surface area contributed by atoms with Crippen molar-refractivity contribution in [1.29, 1.82) is 0 Å². The van der Waals surface area contributed by atoms with Gasteiger partial charge in [0.2, 0.25) is 5.91 Å². The second kappa shape index (κ2) is 6.78. The van der Waals surface area contributed by atoms with Gasteiger partial charge in [0.15, 0.2) is 0 Å². The highest BCUT2D eigenvalue weighted by Gasteiger charge is 2.37. The van der Waals surface area contributed by atoms with Gasteiger partial charge in [-0.3, -0.25) is 4.79 Å². The lowest BCUT2D eigenvalue weighted by Gasteiger charge is -2.39. The summed E-state index contributed by atoms with van der Waals surface area (Å²) in [5, 5.41) is 3.78. The van der Waals surface area contributed by atoms with Gasteiger partial charge in [-0.25, -0.2) is 4.39 Å². The van der Waals surface area contributed by atoms with E-state index in [2.05, 4.69) is 19.2 Å². The van der Waals surface area contributed by atoms with E-state index >= 15 is 0 Å². The van der Waals surface area contributed by atoms with Crippen molar-refractivity contribution in [3.05, 3.63) is 34.6 Å². The Balaban J connectivity index is 1.57. The third-order valence-corrected chi connectivity index (χ3v) is 5.34. The minimum absolute atomic E-state index is 0.103. The van der Waals surface area contributed by atoms with E-state index in [4.69, 9.17) is 11.6 Å². The maximum absolute atomic E-state index is 13.3. The van der Waals surface area contributed by atoms with Crippen LogP contribution in [0.2, 0.25) is 5.02 Å². The summed E-state index contributed by atoms with van der Waals surface area (Å²) >= 11 is 5.87. The molecule has 1 aromatic rings. The number of nitrogens with one attached hydrogen (secondary N) is 1. The molecule has 3 rings (SSSR count). The molecular formula is C18H24ClFN2O. The van der Waals surface area contributed by atoms with Crippen molar-refractivity contribution in [2.45, 2.75) is 45.2 Å². The van der Waals surface area contributed by atoms with Crippen molar-refractivity contribution < 1.29 is 9.18 Å². The van der Waals surface area contributed by atoms with Gasteiger partial charge in [-0.15, -0.1) is 0 Å². The van der Waals surface area contributed by atoms with Crippen LogP contribution in [0, 0.1) is 17.7 Å². The molecule has 2 aliphatic rings. The van der Waals surface area contributed by atoms with Crippen LogP contribution in [0.15, 0.2) is 18.2 Å². The Morgan fingerprint density at radius 2 is 2.13 bits per heavy atom. The first kappa shape index (κ1) is 16.7. The molecule has 1 aliphatic heterocycles. The van der Waals surface area contributed by atoms with E-state index in [0.29, 0.717) is 23.8 Å². The molecule has 1 aliphatic carbocycles. The predicted octanol–water partition coefficient (Wildman–Crippen LogP) is 3.78. The summed E-state index contributed by atoms with van der Waals surface area (Å²) in [4.78, 5) is 14.2. The number of hydrogen-bond donors (Lipinski definition) is 1. The minimum atomic E-state index is -0.386. The van der Waals surface area contributed by atoms with E-state index < -0.39 is 0 Å². The SMILES string of the molecule is C[C@H](N[C@@H]1CCN(C(=O)C2CC2)C[C@@H]1C)c1ccc(F)c(Cl)c1. The van der Waals surface area contributed by atoms with Gasteiger partial charge >= 0.3 is 0 Å². The Kier molecular flexibility index (Phi) is 4.93. The number of likely N-dealkylation sites (tertiary alicyclic amines) is 1. The van der Waals surface area contributed by atoms with E-state index in [1.807, 2.05) is 4.90 Å². The molecule has 1 saturated heterocycles. The fourth-order valence-electron chi connectivity index (χ4n) is 3.38. The number of carbonyl (C=O) groups excluding carboxylic acids is 1. The Bertz CT molecular complexity index is 590. The van der Waals surface area contributed by atoms with E-state index in [0.717, 1.165) is 37.9 Å². The molecule has 3 atom stereocenters. The lowest BCUT2D eigenvalue weighted by Crippen LogP contribution is -2.50. The quantitative estimate of drug-likeness (QED) is 0.906. The van der Waals surface area contributed by atoms with E-state index in [1.165, 1.54) is 6.07 Å². The molecule has 0 unspecified atom stereocenters. The molecule has 1 amide bonds. The van der Waals surface area contributed by atoms with E-state index in [1.54, 1.807) is 12.1 Å². The molecule has 2 fully saturated rings. The zero-order chi connectivity index (χ0) is 16.6. The first-order valence-electron chi connectivity index (χ1n) is 8.45. The van der Waals surface area contributed by atoms with Crippen LogP contribution in [0.5, 0.6) is 0 Å². The van der Waals surface area contributed by atoms with Crippen LogP contribution in [-0.4, -0.2) is 29.9 Å². The van der Waals surface area contributed by atoms with E-state index in [9.17, 15) is 9.18 Å². The number of rotatable bonds is 4. The summed E-state index contributed by atoms with van der Waals surface area (Å²) in [7, 11) is 0. The second-order valence-electron chi connectivity index (χ2n) is 6.99. The minimum Gasteiger partial charge on any atom is -0.342 e. The van der Waals surface area contributed by atoms with Crippen LogP contribution < -0.4 is 5.32 Å². The Hall–Kier alpha value is -1.13. The van der Waals surface area contributed by atoms with Gasteiger partial charge < -0.3 is 10.2 Å². The van der Waals surface area contributed by atoms with Crippen molar-refractivity contribution in [2.24, 2.45) is 11.8 Å². The van der Waals surface area contributed by atoms with Gasteiger partial charge in [0.05, 0.1) is 5.02 Å². The van der Waals surface area contributed by atoms with Crippen molar-refractivity contribution in [2.75, 3.05) is 13.1 Å². The van der Waals surface area contributed by atoms with Crippen LogP contribution >= 0.6 is 11.6 Å². The number of carbonyl (C=O) groups is 1. The summed E-state index contributed by atoms with van der Waals surface area (Å²) in [6, 6.07) is 5.33. The van der Waals surface area contributed by atoms with Crippen LogP contribution in [0.25, 0.3) is 0 Å². The topological polar surface area (TPSA) is 32.3 Å². The molecule has 0 bridgehead atoms. The molecule has 3 nitrogen and oxygen atoms in total. The zero-order valence-corrected chi connectivity index (χ0v) is 14.4. The standard InChI is InChI=1S/C18H24ClFN2O/c1-11-10-22(18(23)13-3-4-13)8-7-17(11)21-12(2)14-5-6-16(20)15(19)9-14/h5-6,9,11-13,17,21H,3-4,7-8,10H2,1-2H3/t11-,12-,17+/m0/s1. The molecule has 0 spiro atoms. The number of piperidine rings is 1. The normalized spacial score (nSPS) is 26.2. The number of amides is 1. The summed E-state index contributed by atoms with van der Waals surface area (Å²) in [5.41, 5.74) is 0.986. The average Bonchev–Trinajstić information content (AvgIpc) is 3.36. The Morgan fingerprint density at radius 3 is 2.74 bits per heavy atom. The van der Waals surface area contributed by atoms with Crippen LogP contribution in [-0.2, 0) is 4.79 Å². The molecule has 1 heterocycles. The maximum Gasteiger partial charge on any atom is 0.225 e. The summed E-state index contributed by atoms with van der Waals surface area (Å²) in [6.07, 6.45) is 3.08. The lowest BCUT2D eigenvalue weighted by molar-refractivity contribution is -0.134. The lowest BCUT2D eigenvalue weighted by atomic mass is 9.92. The molecule has 1 saturated carbocycles. The predicted molar refractivity (Wildman–Crippen MR) is 89.8 cm³/mol. The third kappa shape index (κ3) is 3.86. The average molecular weight is 339 g/mol. The molecule has 126 valence electrons.